The Morgan fingerprint density at radius 3 is 2.48 bits per heavy atom. The van der Waals surface area contributed by atoms with Crippen LogP contribution in [0.15, 0.2) is 36.1 Å². The molecular formula is C24H28N2O3. The molecule has 0 radical (unpaired) electrons. The van der Waals surface area contributed by atoms with Crippen LogP contribution in [0.25, 0.3) is 6.08 Å². The molecule has 1 N–H and O–H groups in total. The zero-order chi connectivity index (χ0) is 20.5. The normalized spacial score (nSPS) is 18.9. The largest absolute Gasteiger partial charge is 0.507 e. The molecule has 0 unspecified atom stereocenters. The summed E-state index contributed by atoms with van der Waals surface area (Å²) < 4.78 is 6.05. The van der Waals surface area contributed by atoms with Crippen molar-refractivity contribution in [3.05, 3.63) is 63.9 Å². The van der Waals surface area contributed by atoms with Gasteiger partial charge in [-0.25, -0.2) is 0 Å². The van der Waals surface area contributed by atoms with E-state index in [0.29, 0.717) is 29.2 Å². The first kappa shape index (κ1) is 19.7. The van der Waals surface area contributed by atoms with E-state index in [1.165, 1.54) is 5.56 Å². The molecular weight excluding hydrogens is 364 g/mol. The Bertz CT molecular complexity index is 955. The first-order chi connectivity index (χ1) is 14.0. The number of phenolic OH excluding ortho intramolecular Hbond substituents is 1. The molecule has 2 aliphatic heterocycles. The number of fused-ring (bicyclic) bond motifs is 1. The number of hydrogen-bond donors (Lipinski definition) is 1. The molecule has 0 amide bonds. The second-order valence-electron chi connectivity index (χ2n) is 8.01. The summed E-state index contributed by atoms with van der Waals surface area (Å²) >= 11 is 0. The molecule has 5 nitrogen and oxygen atoms in total. The summed E-state index contributed by atoms with van der Waals surface area (Å²) in [6, 6.07) is 9.82. The van der Waals surface area contributed by atoms with Crippen LogP contribution in [0.2, 0.25) is 0 Å². The van der Waals surface area contributed by atoms with Gasteiger partial charge in [0.1, 0.15) is 11.5 Å². The van der Waals surface area contributed by atoms with Gasteiger partial charge in [-0.2, -0.15) is 0 Å². The van der Waals surface area contributed by atoms with Crippen molar-refractivity contribution < 1.29 is 14.6 Å². The van der Waals surface area contributed by atoms with Gasteiger partial charge in [-0.1, -0.05) is 31.2 Å². The fraction of sp³-hybridized carbons (Fsp3) is 0.375. The molecule has 2 aromatic rings. The van der Waals surface area contributed by atoms with E-state index in [4.69, 9.17) is 4.74 Å². The number of allylic oxidation sites excluding steroid dienone is 1. The molecule has 0 bridgehead atoms. The standard InChI is InChI=1S/C24H28N2O3/c1-4-17-5-7-18(8-6-17)14-21-23(28)22-16(2)13-20(27)19(24(22)29-21)15-26-11-9-25(3)10-12-26/h5-8,13-14,27H,4,9-12,15H2,1-3H3/b21-14-. The smallest absolute Gasteiger partial charge is 0.232 e. The van der Waals surface area contributed by atoms with Gasteiger partial charge in [0.25, 0.3) is 0 Å². The third-order valence-corrected chi connectivity index (χ3v) is 5.88. The van der Waals surface area contributed by atoms with Crippen LogP contribution in [0.1, 0.15) is 39.5 Å². The number of carbonyl (C=O) groups is 1. The predicted octanol–water partition coefficient (Wildman–Crippen LogP) is 3.63. The van der Waals surface area contributed by atoms with Crippen LogP contribution in [-0.2, 0) is 13.0 Å². The lowest BCUT2D eigenvalue weighted by atomic mass is 9.99. The quantitative estimate of drug-likeness (QED) is 0.806. The second kappa shape index (κ2) is 8.01. The van der Waals surface area contributed by atoms with Crippen molar-refractivity contribution in [1.29, 1.82) is 0 Å². The average Bonchev–Trinajstić information content (AvgIpc) is 3.03. The fourth-order valence-corrected chi connectivity index (χ4v) is 3.96. The topological polar surface area (TPSA) is 53.0 Å². The van der Waals surface area contributed by atoms with Crippen molar-refractivity contribution >= 4 is 11.9 Å². The number of aromatic hydroxyl groups is 1. The highest BCUT2D eigenvalue weighted by Crippen LogP contribution is 2.42. The number of aryl methyl sites for hydroxylation is 2. The van der Waals surface area contributed by atoms with Gasteiger partial charge >= 0.3 is 0 Å². The van der Waals surface area contributed by atoms with Crippen LogP contribution in [0.3, 0.4) is 0 Å². The van der Waals surface area contributed by atoms with Gasteiger partial charge in [-0.15, -0.1) is 0 Å². The van der Waals surface area contributed by atoms with Crippen LogP contribution in [-0.4, -0.2) is 53.9 Å². The number of benzene rings is 2. The molecule has 1 fully saturated rings. The summed E-state index contributed by atoms with van der Waals surface area (Å²) in [6.45, 7) is 8.39. The fourth-order valence-electron chi connectivity index (χ4n) is 3.96. The van der Waals surface area contributed by atoms with Crippen molar-refractivity contribution in [3.63, 3.8) is 0 Å². The van der Waals surface area contributed by atoms with E-state index in [-0.39, 0.29) is 11.5 Å². The molecule has 5 heteroatoms. The summed E-state index contributed by atoms with van der Waals surface area (Å²) in [5, 5.41) is 10.6. The highest BCUT2D eigenvalue weighted by molar-refractivity contribution is 6.15. The Kier molecular flexibility index (Phi) is 5.43. The molecule has 0 spiro atoms. The van der Waals surface area contributed by atoms with Crippen molar-refractivity contribution in [3.8, 4) is 11.5 Å². The number of ether oxygens (including phenoxy) is 1. The van der Waals surface area contributed by atoms with E-state index in [1.807, 2.05) is 19.1 Å². The summed E-state index contributed by atoms with van der Waals surface area (Å²) in [7, 11) is 2.12. The molecule has 2 aromatic carbocycles. The highest BCUT2D eigenvalue weighted by atomic mass is 16.5. The predicted molar refractivity (Wildman–Crippen MR) is 114 cm³/mol. The molecule has 0 saturated carbocycles. The summed E-state index contributed by atoms with van der Waals surface area (Å²) in [5.41, 5.74) is 4.20. The van der Waals surface area contributed by atoms with E-state index >= 15 is 0 Å². The van der Waals surface area contributed by atoms with Crippen molar-refractivity contribution in [1.82, 2.24) is 9.80 Å². The maximum absolute atomic E-state index is 13.0. The van der Waals surface area contributed by atoms with Gasteiger partial charge in [0, 0.05) is 32.7 Å². The van der Waals surface area contributed by atoms with Gasteiger partial charge < -0.3 is 14.7 Å². The second-order valence-corrected chi connectivity index (χ2v) is 8.01. The molecule has 2 aliphatic rings. The maximum Gasteiger partial charge on any atom is 0.232 e. The van der Waals surface area contributed by atoms with Crippen molar-refractivity contribution in [2.24, 2.45) is 0 Å². The van der Waals surface area contributed by atoms with Gasteiger partial charge in [0.2, 0.25) is 5.78 Å². The first-order valence-corrected chi connectivity index (χ1v) is 10.3. The number of nitrogens with zero attached hydrogens (tertiary/aromatic N) is 2. The molecule has 1 saturated heterocycles. The number of likely N-dealkylation sites (N-methyl/N-ethyl adjacent to an activating group) is 1. The Morgan fingerprint density at radius 2 is 1.83 bits per heavy atom. The molecule has 29 heavy (non-hydrogen) atoms. The third-order valence-electron chi connectivity index (χ3n) is 5.88. The van der Waals surface area contributed by atoms with Crippen molar-refractivity contribution in [2.45, 2.75) is 26.8 Å². The minimum Gasteiger partial charge on any atom is -0.507 e. The van der Waals surface area contributed by atoms with Crippen LogP contribution in [0.5, 0.6) is 11.5 Å². The van der Waals surface area contributed by atoms with E-state index in [1.54, 1.807) is 12.1 Å². The molecule has 0 aromatic heterocycles. The summed E-state index contributed by atoms with van der Waals surface area (Å²) in [6.07, 6.45) is 2.77. The number of ketones is 1. The highest BCUT2D eigenvalue weighted by Gasteiger charge is 2.33. The number of hydrogen-bond acceptors (Lipinski definition) is 5. The lowest BCUT2D eigenvalue weighted by Gasteiger charge is -2.32. The minimum absolute atomic E-state index is 0.114. The number of carbonyl (C=O) groups excluding carboxylic acids is 1. The maximum atomic E-state index is 13.0. The summed E-state index contributed by atoms with van der Waals surface area (Å²) in [5.74, 6) is 0.915. The first-order valence-electron chi connectivity index (χ1n) is 10.3. The Hall–Kier alpha value is -2.63. The van der Waals surface area contributed by atoms with Crippen molar-refractivity contribution in [2.75, 3.05) is 33.2 Å². The Balaban J connectivity index is 1.64. The van der Waals surface area contributed by atoms with Gasteiger partial charge in [-0.3, -0.25) is 9.69 Å². The zero-order valence-corrected chi connectivity index (χ0v) is 17.4. The molecule has 0 aliphatic carbocycles. The van der Waals surface area contributed by atoms with Gasteiger partial charge in [-0.05, 0) is 49.2 Å². The Labute approximate surface area is 172 Å². The lowest BCUT2D eigenvalue weighted by Crippen LogP contribution is -2.43. The third kappa shape index (κ3) is 3.93. The van der Waals surface area contributed by atoms with E-state index in [2.05, 4.69) is 35.9 Å². The molecule has 4 rings (SSSR count). The van der Waals surface area contributed by atoms with Crippen LogP contribution >= 0.6 is 0 Å². The lowest BCUT2D eigenvalue weighted by molar-refractivity contribution is 0.101. The number of phenols is 1. The monoisotopic (exact) mass is 392 g/mol. The van der Waals surface area contributed by atoms with Crippen LogP contribution < -0.4 is 4.74 Å². The number of piperazine rings is 1. The van der Waals surface area contributed by atoms with Gasteiger partial charge in [0.05, 0.1) is 11.1 Å². The zero-order valence-electron chi connectivity index (χ0n) is 17.4. The minimum atomic E-state index is -0.114. The van der Waals surface area contributed by atoms with Gasteiger partial charge in [0.15, 0.2) is 5.76 Å². The number of Topliss-reactive ketones (excluding diaryl/α,β-unsaturated/α-hetero) is 1. The van der Waals surface area contributed by atoms with E-state index < -0.39 is 0 Å². The van der Waals surface area contributed by atoms with E-state index in [0.717, 1.165) is 43.7 Å². The average molecular weight is 392 g/mol. The van der Waals surface area contributed by atoms with E-state index in [9.17, 15) is 9.90 Å². The SMILES string of the molecule is CCc1ccc(/C=C2\Oc3c(CN4CCN(C)CC4)c(O)cc(C)c3C2=O)cc1. The molecule has 0 atom stereocenters. The number of rotatable bonds is 4. The van der Waals surface area contributed by atoms with Crippen LogP contribution in [0, 0.1) is 6.92 Å². The van der Waals surface area contributed by atoms with Crippen LogP contribution in [0.4, 0.5) is 0 Å². The molecule has 152 valence electrons. The summed E-state index contributed by atoms with van der Waals surface area (Å²) in [4.78, 5) is 17.6. The molecule has 2 heterocycles. The Morgan fingerprint density at radius 1 is 1.14 bits per heavy atom.